The molecule has 0 saturated heterocycles. The lowest BCUT2D eigenvalue weighted by molar-refractivity contribution is -0.458. The van der Waals surface area contributed by atoms with E-state index in [1.54, 1.807) is 0 Å². The average Bonchev–Trinajstić information content (AvgIpc) is 2.22. The van der Waals surface area contributed by atoms with E-state index in [1.807, 2.05) is 68.2 Å². The van der Waals surface area contributed by atoms with Crippen molar-refractivity contribution in [1.82, 2.24) is 4.90 Å². The molecule has 2 nitrogen and oxygen atoms in total. The molecule has 1 aromatic carbocycles. The van der Waals surface area contributed by atoms with Gasteiger partial charge in [0, 0.05) is 25.9 Å². The van der Waals surface area contributed by atoms with Crippen LogP contribution in [0.15, 0.2) is 24.3 Å². The van der Waals surface area contributed by atoms with E-state index in [4.69, 9.17) is 23.2 Å². The third-order valence-corrected chi connectivity index (χ3v) is 2.97. The Morgan fingerprint density at radius 2 is 1.82 bits per heavy atom. The predicted molar refractivity (Wildman–Crippen MR) is 76.3 cm³/mol. The zero-order chi connectivity index (χ0) is 13.0. The summed E-state index contributed by atoms with van der Waals surface area (Å²) in [6.07, 6.45) is 4.04. The summed E-state index contributed by atoms with van der Waals surface area (Å²) in [6.45, 7) is 0. The number of allylic oxidation sites excluding steroid dienone is 1. The molecule has 0 aliphatic carbocycles. The highest BCUT2D eigenvalue weighted by atomic mass is 35.5. The van der Waals surface area contributed by atoms with Crippen molar-refractivity contribution >= 4 is 35.1 Å². The van der Waals surface area contributed by atoms with Crippen molar-refractivity contribution in [3.05, 3.63) is 39.9 Å². The molecule has 0 fully saturated rings. The van der Waals surface area contributed by atoms with Crippen LogP contribution in [-0.4, -0.2) is 43.9 Å². The van der Waals surface area contributed by atoms with E-state index in [1.165, 1.54) is 0 Å². The Morgan fingerprint density at radius 3 is 2.29 bits per heavy atom. The maximum absolute atomic E-state index is 6.03. The van der Waals surface area contributed by atoms with Crippen LogP contribution in [0.2, 0.25) is 10.0 Å². The van der Waals surface area contributed by atoms with Gasteiger partial charge in [-0.25, -0.2) is 4.58 Å². The van der Waals surface area contributed by atoms with Crippen LogP contribution in [0, 0.1) is 0 Å². The lowest BCUT2D eigenvalue weighted by atomic mass is 10.1. The molecule has 0 N–H and O–H groups in total. The van der Waals surface area contributed by atoms with Crippen LogP contribution < -0.4 is 0 Å². The third kappa shape index (κ3) is 4.06. The van der Waals surface area contributed by atoms with E-state index in [9.17, 15) is 0 Å². The summed E-state index contributed by atoms with van der Waals surface area (Å²) in [5, 5.41) is 1.15. The number of nitrogens with zero attached hydrogens (tertiary/aromatic N) is 2. The fraction of sp³-hybridized carbons (Fsp3) is 0.308. The molecule has 0 amide bonds. The monoisotopic (exact) mass is 271 g/mol. The molecule has 0 bridgehead atoms. The number of halogens is 2. The Bertz CT molecular complexity index is 458. The lowest BCUT2D eigenvalue weighted by Gasteiger charge is -2.17. The third-order valence-electron chi connectivity index (χ3n) is 2.23. The van der Waals surface area contributed by atoms with Crippen LogP contribution in [0.4, 0.5) is 0 Å². The fourth-order valence-corrected chi connectivity index (χ4v) is 1.68. The first-order chi connectivity index (χ1) is 7.91. The largest absolute Gasteiger partial charge is 0.377 e. The molecule has 17 heavy (non-hydrogen) atoms. The van der Waals surface area contributed by atoms with Gasteiger partial charge >= 0.3 is 0 Å². The van der Waals surface area contributed by atoms with Crippen molar-refractivity contribution in [2.24, 2.45) is 0 Å². The summed E-state index contributed by atoms with van der Waals surface area (Å²) >= 11 is 11.9. The van der Waals surface area contributed by atoms with E-state index in [0.717, 1.165) is 11.3 Å². The molecule has 0 aliphatic rings. The van der Waals surface area contributed by atoms with Gasteiger partial charge in [-0.05, 0) is 17.7 Å². The highest BCUT2D eigenvalue weighted by Gasteiger charge is 2.06. The van der Waals surface area contributed by atoms with E-state index >= 15 is 0 Å². The van der Waals surface area contributed by atoms with Gasteiger partial charge in [0.05, 0.1) is 10.0 Å². The molecule has 0 radical (unpaired) electrons. The smallest absolute Gasteiger partial charge is 0.164 e. The second-order valence-electron chi connectivity index (χ2n) is 4.19. The van der Waals surface area contributed by atoms with Gasteiger partial charge in [0.2, 0.25) is 0 Å². The topological polar surface area (TPSA) is 6.25 Å². The van der Waals surface area contributed by atoms with Gasteiger partial charge in [-0.15, -0.1) is 0 Å². The van der Waals surface area contributed by atoms with Gasteiger partial charge in [-0.1, -0.05) is 29.3 Å². The maximum Gasteiger partial charge on any atom is 0.164 e. The first-order valence-electron chi connectivity index (χ1n) is 5.26. The minimum absolute atomic E-state index is 0.571. The summed E-state index contributed by atoms with van der Waals surface area (Å²) in [6, 6.07) is 5.65. The molecule has 0 aliphatic heterocycles. The van der Waals surface area contributed by atoms with Crippen LogP contribution >= 0.6 is 23.2 Å². The number of benzene rings is 1. The fourth-order valence-electron chi connectivity index (χ4n) is 1.38. The van der Waals surface area contributed by atoms with E-state index in [2.05, 4.69) is 0 Å². The zero-order valence-electron chi connectivity index (χ0n) is 10.5. The SMILES string of the molecule is CN(C)C(=CC=[N+](C)C)c1ccc(Cl)c(Cl)c1. The summed E-state index contributed by atoms with van der Waals surface area (Å²) in [5.74, 6) is 0. The first-order valence-corrected chi connectivity index (χ1v) is 6.01. The predicted octanol–water partition coefficient (Wildman–Crippen LogP) is 3.24. The highest BCUT2D eigenvalue weighted by molar-refractivity contribution is 6.42. The van der Waals surface area contributed by atoms with Crippen LogP contribution in [0.25, 0.3) is 5.70 Å². The molecule has 0 spiro atoms. The second kappa shape index (κ2) is 6.08. The standard InChI is InChI=1S/C13H17Cl2N2/c1-16(2)8-7-13(17(3)4)10-5-6-11(14)12(15)9-10/h5-9H,1-4H3/q+1. The van der Waals surface area contributed by atoms with Crippen molar-refractivity contribution in [3.63, 3.8) is 0 Å². The molecular formula is C13H17Cl2N2+. The van der Waals surface area contributed by atoms with E-state index < -0.39 is 0 Å². The van der Waals surface area contributed by atoms with E-state index in [0.29, 0.717) is 10.0 Å². The molecule has 1 rings (SSSR count). The summed E-state index contributed by atoms with van der Waals surface area (Å²) in [4.78, 5) is 2.04. The Balaban J connectivity index is 3.19. The number of hydrogen-bond acceptors (Lipinski definition) is 1. The van der Waals surface area contributed by atoms with Crippen LogP contribution in [0.1, 0.15) is 5.56 Å². The van der Waals surface area contributed by atoms with Gasteiger partial charge in [-0.2, -0.15) is 0 Å². The van der Waals surface area contributed by atoms with Crippen molar-refractivity contribution in [1.29, 1.82) is 0 Å². The molecule has 1 aromatic rings. The Hall–Kier alpha value is -0.990. The van der Waals surface area contributed by atoms with Gasteiger partial charge in [-0.3, -0.25) is 0 Å². The normalized spacial score (nSPS) is 11.3. The summed E-state index contributed by atoms with van der Waals surface area (Å²) < 4.78 is 1.99. The minimum atomic E-state index is 0.571. The van der Waals surface area contributed by atoms with Crippen LogP contribution in [0.3, 0.4) is 0 Å². The Morgan fingerprint density at radius 1 is 1.18 bits per heavy atom. The summed E-state index contributed by atoms with van der Waals surface area (Å²) in [7, 11) is 7.97. The highest BCUT2D eigenvalue weighted by Crippen LogP contribution is 2.26. The lowest BCUT2D eigenvalue weighted by Crippen LogP contribution is -2.11. The average molecular weight is 272 g/mol. The molecule has 0 saturated carbocycles. The van der Waals surface area contributed by atoms with Crippen molar-refractivity contribution in [2.45, 2.75) is 0 Å². The summed E-state index contributed by atoms with van der Waals surface area (Å²) in [5.41, 5.74) is 2.12. The first kappa shape index (κ1) is 14.1. The number of hydrogen-bond donors (Lipinski definition) is 0. The molecule has 92 valence electrons. The zero-order valence-corrected chi connectivity index (χ0v) is 12.0. The maximum atomic E-state index is 6.03. The van der Waals surface area contributed by atoms with Crippen molar-refractivity contribution in [3.8, 4) is 0 Å². The minimum Gasteiger partial charge on any atom is -0.377 e. The van der Waals surface area contributed by atoms with Crippen LogP contribution in [-0.2, 0) is 0 Å². The number of rotatable bonds is 3. The van der Waals surface area contributed by atoms with E-state index in [-0.39, 0.29) is 0 Å². The van der Waals surface area contributed by atoms with Gasteiger partial charge in [0.25, 0.3) is 0 Å². The van der Waals surface area contributed by atoms with Gasteiger partial charge in [0.15, 0.2) is 6.21 Å². The Labute approximate surface area is 113 Å². The molecule has 0 unspecified atom stereocenters. The Kier molecular flexibility index (Phi) is 5.03. The van der Waals surface area contributed by atoms with Gasteiger partial charge < -0.3 is 4.90 Å². The molecule has 0 aromatic heterocycles. The van der Waals surface area contributed by atoms with Crippen molar-refractivity contribution in [2.75, 3.05) is 28.2 Å². The molecule has 0 atom stereocenters. The quantitative estimate of drug-likeness (QED) is 0.604. The van der Waals surface area contributed by atoms with Crippen molar-refractivity contribution < 1.29 is 4.58 Å². The van der Waals surface area contributed by atoms with Crippen LogP contribution in [0.5, 0.6) is 0 Å². The van der Waals surface area contributed by atoms with Gasteiger partial charge in [0.1, 0.15) is 14.1 Å². The second-order valence-corrected chi connectivity index (χ2v) is 5.00. The molecule has 0 heterocycles. The molecular weight excluding hydrogens is 255 g/mol. The molecule has 4 heteroatoms.